The Morgan fingerprint density at radius 3 is 2.47 bits per heavy atom. The summed E-state index contributed by atoms with van der Waals surface area (Å²) in [4.78, 5) is 20.0. The molecule has 0 amide bonds. The number of ether oxygens (including phenoxy) is 1. The van der Waals surface area contributed by atoms with Crippen molar-refractivity contribution in [1.82, 2.24) is 4.98 Å². The van der Waals surface area contributed by atoms with Crippen LogP contribution in [-0.4, -0.2) is 34.9 Å². The Kier molecular flexibility index (Phi) is 6.33. The molecule has 0 aliphatic carbocycles. The van der Waals surface area contributed by atoms with E-state index in [1.54, 1.807) is 25.1 Å². The first-order chi connectivity index (χ1) is 15.6. The molecule has 1 aromatic heterocycles. The van der Waals surface area contributed by atoms with Crippen LogP contribution in [0.1, 0.15) is 34.0 Å². The molecule has 0 aliphatic heterocycles. The minimum atomic E-state index is -0.403. The maximum Gasteiger partial charge on any atom is 0.338 e. The van der Waals surface area contributed by atoms with Gasteiger partial charge in [-0.1, -0.05) is 48.5 Å². The first-order valence-electron chi connectivity index (χ1n) is 10.6. The second kappa shape index (κ2) is 9.49. The van der Waals surface area contributed by atoms with E-state index in [4.69, 9.17) is 15.5 Å². The number of nitrogens with one attached hydrogen (secondary N) is 1. The van der Waals surface area contributed by atoms with Gasteiger partial charge in [-0.25, -0.2) is 9.79 Å². The van der Waals surface area contributed by atoms with Crippen LogP contribution in [0.5, 0.6) is 5.88 Å². The number of aromatic hydroxyl groups is 1. The molecule has 162 valence electrons. The van der Waals surface area contributed by atoms with Gasteiger partial charge in [0, 0.05) is 16.5 Å². The van der Waals surface area contributed by atoms with Gasteiger partial charge in [0.15, 0.2) is 5.88 Å². The van der Waals surface area contributed by atoms with E-state index in [0.29, 0.717) is 35.5 Å². The number of nitrogens with two attached hydrogens (primary N) is 1. The highest BCUT2D eigenvalue weighted by atomic mass is 16.5. The smallest absolute Gasteiger partial charge is 0.338 e. The summed E-state index contributed by atoms with van der Waals surface area (Å²) < 4.78 is 5.09. The predicted molar refractivity (Wildman–Crippen MR) is 127 cm³/mol. The number of H-pyrrole nitrogens is 1. The SMILES string of the molecule is CCOC(=O)c1ccc2c(C(=Nc3ccc(CCN)cc3)c3ccccc3)c(O)[nH]c2c1. The highest BCUT2D eigenvalue weighted by molar-refractivity contribution is 6.22. The van der Waals surface area contributed by atoms with Crippen molar-refractivity contribution in [1.29, 1.82) is 0 Å². The average Bonchev–Trinajstić information content (AvgIpc) is 3.14. The number of carbonyl (C=O) groups is 1. The molecule has 3 aromatic carbocycles. The normalized spacial score (nSPS) is 11.6. The van der Waals surface area contributed by atoms with Crippen LogP contribution < -0.4 is 5.73 Å². The summed E-state index contributed by atoms with van der Waals surface area (Å²) >= 11 is 0. The van der Waals surface area contributed by atoms with Gasteiger partial charge < -0.3 is 20.6 Å². The van der Waals surface area contributed by atoms with Crippen molar-refractivity contribution in [3.63, 3.8) is 0 Å². The van der Waals surface area contributed by atoms with E-state index in [9.17, 15) is 9.90 Å². The Balaban J connectivity index is 1.84. The average molecular weight is 428 g/mol. The zero-order valence-electron chi connectivity index (χ0n) is 17.8. The summed E-state index contributed by atoms with van der Waals surface area (Å²) in [5.41, 5.74) is 10.7. The first kappa shape index (κ1) is 21.3. The molecule has 0 unspecified atom stereocenters. The summed E-state index contributed by atoms with van der Waals surface area (Å²) in [7, 11) is 0. The molecule has 0 saturated carbocycles. The molecule has 0 bridgehead atoms. The second-order valence-corrected chi connectivity index (χ2v) is 7.36. The fourth-order valence-electron chi connectivity index (χ4n) is 3.66. The predicted octanol–water partition coefficient (Wildman–Crippen LogP) is 4.72. The zero-order chi connectivity index (χ0) is 22.5. The van der Waals surface area contributed by atoms with Crippen LogP contribution in [-0.2, 0) is 11.2 Å². The number of rotatable bonds is 7. The van der Waals surface area contributed by atoms with E-state index in [-0.39, 0.29) is 5.88 Å². The van der Waals surface area contributed by atoms with Crippen LogP contribution in [0.15, 0.2) is 77.8 Å². The van der Waals surface area contributed by atoms with Gasteiger partial charge in [-0.15, -0.1) is 0 Å². The molecule has 0 radical (unpaired) electrons. The lowest BCUT2D eigenvalue weighted by Crippen LogP contribution is -2.05. The number of nitrogens with zero attached hydrogens (tertiary/aromatic N) is 1. The van der Waals surface area contributed by atoms with Crippen molar-refractivity contribution < 1.29 is 14.6 Å². The Bertz CT molecular complexity index is 1260. The molecule has 6 nitrogen and oxygen atoms in total. The Morgan fingerprint density at radius 2 is 1.78 bits per heavy atom. The molecule has 0 aliphatic rings. The molecule has 6 heteroatoms. The van der Waals surface area contributed by atoms with E-state index >= 15 is 0 Å². The quantitative estimate of drug-likeness (QED) is 0.293. The third-order valence-electron chi connectivity index (χ3n) is 5.18. The van der Waals surface area contributed by atoms with Gasteiger partial charge in [0.05, 0.1) is 29.1 Å². The molecule has 0 saturated heterocycles. The Morgan fingerprint density at radius 1 is 1.03 bits per heavy atom. The van der Waals surface area contributed by atoms with Gasteiger partial charge >= 0.3 is 5.97 Å². The molecule has 0 fully saturated rings. The summed E-state index contributed by atoms with van der Waals surface area (Å²) in [6, 6.07) is 22.8. The molecule has 32 heavy (non-hydrogen) atoms. The molecular weight excluding hydrogens is 402 g/mol. The van der Waals surface area contributed by atoms with Gasteiger partial charge in [-0.05, 0) is 49.7 Å². The van der Waals surface area contributed by atoms with Crippen molar-refractivity contribution in [3.05, 3.63) is 95.1 Å². The van der Waals surface area contributed by atoms with E-state index in [0.717, 1.165) is 28.6 Å². The minimum Gasteiger partial charge on any atom is -0.494 e. The highest BCUT2D eigenvalue weighted by Crippen LogP contribution is 2.32. The van der Waals surface area contributed by atoms with Crippen LogP contribution in [0.4, 0.5) is 5.69 Å². The summed E-state index contributed by atoms with van der Waals surface area (Å²) in [5.74, 6) is -0.414. The first-order valence-corrected chi connectivity index (χ1v) is 10.6. The van der Waals surface area contributed by atoms with E-state index in [1.807, 2.05) is 54.6 Å². The molecule has 1 heterocycles. The third kappa shape index (κ3) is 4.40. The minimum absolute atomic E-state index is 0.0108. The fraction of sp³-hybridized carbons (Fsp3) is 0.154. The monoisotopic (exact) mass is 427 g/mol. The second-order valence-electron chi connectivity index (χ2n) is 7.36. The van der Waals surface area contributed by atoms with Gasteiger partial charge in [-0.2, -0.15) is 0 Å². The van der Waals surface area contributed by atoms with Crippen molar-refractivity contribution in [2.45, 2.75) is 13.3 Å². The number of carbonyl (C=O) groups excluding carboxylic acids is 1. The number of aromatic nitrogens is 1. The van der Waals surface area contributed by atoms with Crippen LogP contribution in [0.25, 0.3) is 10.9 Å². The van der Waals surface area contributed by atoms with Crippen molar-refractivity contribution >= 4 is 28.3 Å². The molecule has 4 rings (SSSR count). The number of aliphatic imine (C=N–C) groups is 1. The van der Waals surface area contributed by atoms with Crippen molar-refractivity contribution in [3.8, 4) is 5.88 Å². The van der Waals surface area contributed by atoms with Crippen LogP contribution >= 0.6 is 0 Å². The standard InChI is InChI=1S/C26H25N3O3/c1-2-32-26(31)19-10-13-21-22(16-19)29-25(30)23(21)24(18-6-4-3-5-7-18)28-20-11-8-17(9-12-20)14-15-27/h3-13,16,29-30H,2,14-15,27H2,1H3. The maximum atomic E-state index is 12.1. The fourth-order valence-corrected chi connectivity index (χ4v) is 3.66. The molecule has 4 N–H and O–H groups in total. The highest BCUT2D eigenvalue weighted by Gasteiger charge is 2.20. The van der Waals surface area contributed by atoms with Crippen molar-refractivity contribution in [2.24, 2.45) is 10.7 Å². The number of benzene rings is 3. The molecule has 0 atom stereocenters. The number of fused-ring (bicyclic) bond motifs is 1. The van der Waals surface area contributed by atoms with Gasteiger partial charge in [0.2, 0.25) is 0 Å². The number of esters is 1. The van der Waals surface area contributed by atoms with Crippen LogP contribution in [0.2, 0.25) is 0 Å². The Labute approximate surface area is 186 Å². The van der Waals surface area contributed by atoms with Crippen molar-refractivity contribution in [2.75, 3.05) is 13.2 Å². The molecule has 0 spiro atoms. The maximum absolute atomic E-state index is 12.1. The number of hydrogen-bond acceptors (Lipinski definition) is 5. The van der Waals surface area contributed by atoms with E-state index < -0.39 is 5.97 Å². The zero-order valence-corrected chi connectivity index (χ0v) is 17.8. The molecular formula is C26H25N3O3. The van der Waals surface area contributed by atoms with Gasteiger partial charge in [0.25, 0.3) is 0 Å². The topological polar surface area (TPSA) is 101 Å². The molecule has 4 aromatic rings. The third-order valence-corrected chi connectivity index (χ3v) is 5.18. The summed E-state index contributed by atoms with van der Waals surface area (Å²) in [5, 5.41) is 11.6. The van der Waals surface area contributed by atoms with Crippen LogP contribution in [0.3, 0.4) is 0 Å². The van der Waals surface area contributed by atoms with E-state index in [2.05, 4.69) is 4.98 Å². The summed E-state index contributed by atoms with van der Waals surface area (Å²) in [6.07, 6.45) is 0.807. The van der Waals surface area contributed by atoms with Crippen LogP contribution in [0, 0.1) is 0 Å². The van der Waals surface area contributed by atoms with E-state index in [1.165, 1.54) is 0 Å². The number of aromatic amines is 1. The summed E-state index contributed by atoms with van der Waals surface area (Å²) in [6.45, 7) is 2.65. The van der Waals surface area contributed by atoms with Gasteiger partial charge in [-0.3, -0.25) is 0 Å². The lowest BCUT2D eigenvalue weighted by atomic mass is 10.00. The lowest BCUT2D eigenvalue weighted by Gasteiger charge is -2.08. The number of hydrogen-bond donors (Lipinski definition) is 3. The largest absolute Gasteiger partial charge is 0.494 e. The van der Waals surface area contributed by atoms with Gasteiger partial charge in [0.1, 0.15) is 0 Å². The Hall–Kier alpha value is -3.90. The lowest BCUT2D eigenvalue weighted by molar-refractivity contribution is 0.0526.